The minimum Gasteiger partial charge on any atom is -0.481 e. The van der Waals surface area contributed by atoms with Gasteiger partial charge in [0.2, 0.25) is 5.91 Å². The fourth-order valence-electron chi connectivity index (χ4n) is 2.53. The zero-order valence-electron chi connectivity index (χ0n) is 12.1. The van der Waals surface area contributed by atoms with Crippen LogP contribution < -0.4 is 5.32 Å². The predicted octanol–water partition coefficient (Wildman–Crippen LogP) is 1.95. The number of rotatable bonds is 8. The number of carboxylic acids is 1. The smallest absolute Gasteiger partial charge is 0.310 e. The highest BCUT2D eigenvalue weighted by atomic mass is 16.5. The Hall–Kier alpha value is -1.10. The third kappa shape index (κ3) is 3.47. The largest absolute Gasteiger partial charge is 0.481 e. The first-order chi connectivity index (χ1) is 8.93. The van der Waals surface area contributed by atoms with E-state index in [0.29, 0.717) is 19.4 Å². The van der Waals surface area contributed by atoms with Crippen molar-refractivity contribution < 1.29 is 19.4 Å². The number of aliphatic carboxylic acids is 1. The van der Waals surface area contributed by atoms with Crippen LogP contribution >= 0.6 is 0 Å². The average molecular weight is 271 g/mol. The van der Waals surface area contributed by atoms with Crippen molar-refractivity contribution in [2.45, 2.75) is 58.0 Å². The topological polar surface area (TPSA) is 75.6 Å². The van der Waals surface area contributed by atoms with Gasteiger partial charge in [-0.1, -0.05) is 13.8 Å². The van der Waals surface area contributed by atoms with E-state index in [1.54, 1.807) is 7.11 Å². The minimum absolute atomic E-state index is 0.0368. The van der Waals surface area contributed by atoms with E-state index in [4.69, 9.17) is 4.74 Å². The Bertz CT molecular complexity index is 327. The lowest BCUT2D eigenvalue weighted by Gasteiger charge is -2.40. The molecule has 0 radical (unpaired) electrons. The number of hydrogen-bond acceptors (Lipinski definition) is 3. The number of amides is 1. The Kier molecular flexibility index (Phi) is 5.35. The molecule has 1 aliphatic rings. The molecule has 1 rings (SSSR count). The Morgan fingerprint density at radius 2 is 1.89 bits per heavy atom. The van der Waals surface area contributed by atoms with Crippen LogP contribution in [0.25, 0.3) is 0 Å². The molecule has 0 aromatic heterocycles. The quantitative estimate of drug-likeness (QED) is 0.707. The second-order valence-corrected chi connectivity index (χ2v) is 5.49. The van der Waals surface area contributed by atoms with Crippen LogP contribution in [-0.2, 0) is 14.3 Å². The normalized spacial score (nSPS) is 17.6. The second-order valence-electron chi connectivity index (χ2n) is 5.49. The lowest BCUT2D eigenvalue weighted by molar-refractivity contribution is -0.152. The second kappa shape index (κ2) is 6.37. The van der Waals surface area contributed by atoms with Crippen molar-refractivity contribution in [1.82, 2.24) is 5.32 Å². The first-order valence-electron chi connectivity index (χ1n) is 6.99. The Labute approximate surface area is 114 Å². The van der Waals surface area contributed by atoms with Crippen molar-refractivity contribution in [2.24, 2.45) is 5.41 Å². The summed E-state index contributed by atoms with van der Waals surface area (Å²) in [6.45, 7) is 4.10. The Balaban J connectivity index is 2.51. The van der Waals surface area contributed by atoms with E-state index in [2.05, 4.69) is 5.32 Å². The molecule has 0 aliphatic heterocycles. The Morgan fingerprint density at radius 3 is 2.21 bits per heavy atom. The molecule has 1 saturated carbocycles. The third-order valence-corrected chi connectivity index (χ3v) is 4.61. The molecule has 2 N–H and O–H groups in total. The van der Waals surface area contributed by atoms with Crippen LogP contribution in [-0.4, -0.2) is 36.2 Å². The Morgan fingerprint density at radius 1 is 1.32 bits per heavy atom. The highest BCUT2D eigenvalue weighted by Gasteiger charge is 2.40. The molecule has 5 nitrogen and oxygen atoms in total. The fraction of sp³-hybridized carbons (Fsp3) is 0.857. The van der Waals surface area contributed by atoms with E-state index in [1.807, 2.05) is 13.8 Å². The zero-order valence-corrected chi connectivity index (χ0v) is 12.1. The molecule has 0 aromatic carbocycles. The van der Waals surface area contributed by atoms with Gasteiger partial charge in [0, 0.05) is 20.1 Å². The minimum atomic E-state index is -0.941. The molecule has 0 unspecified atom stereocenters. The first-order valence-corrected chi connectivity index (χ1v) is 6.99. The fourth-order valence-corrected chi connectivity index (χ4v) is 2.53. The lowest BCUT2D eigenvalue weighted by Crippen LogP contribution is -2.50. The maximum Gasteiger partial charge on any atom is 0.310 e. The maximum absolute atomic E-state index is 12.0. The number of methoxy groups -OCH3 is 1. The SMILES string of the molecule is CCC(CC)(CC(=O)NCC1(OC)CCC1)C(=O)O. The van der Waals surface area contributed by atoms with Gasteiger partial charge in [-0.3, -0.25) is 9.59 Å². The van der Waals surface area contributed by atoms with Crippen LogP contribution in [0.3, 0.4) is 0 Å². The molecule has 0 spiro atoms. The van der Waals surface area contributed by atoms with Crippen molar-refractivity contribution >= 4 is 11.9 Å². The summed E-state index contributed by atoms with van der Waals surface area (Å²) in [4.78, 5) is 23.3. The summed E-state index contributed by atoms with van der Waals surface area (Å²) >= 11 is 0. The van der Waals surface area contributed by atoms with E-state index in [-0.39, 0.29) is 17.9 Å². The number of carbonyl (C=O) groups is 2. The summed E-state index contributed by atoms with van der Waals surface area (Å²) in [6.07, 6.45) is 3.98. The molecule has 5 heteroatoms. The maximum atomic E-state index is 12.0. The van der Waals surface area contributed by atoms with Gasteiger partial charge >= 0.3 is 5.97 Å². The molecule has 0 saturated heterocycles. The number of hydrogen-bond donors (Lipinski definition) is 2. The monoisotopic (exact) mass is 271 g/mol. The van der Waals surface area contributed by atoms with Gasteiger partial charge in [0.15, 0.2) is 0 Å². The summed E-state index contributed by atoms with van der Waals surface area (Å²) in [6, 6.07) is 0. The predicted molar refractivity (Wildman–Crippen MR) is 71.9 cm³/mol. The molecule has 0 aromatic rings. The van der Waals surface area contributed by atoms with Crippen molar-refractivity contribution in [1.29, 1.82) is 0 Å². The number of carboxylic acid groups (broad SMARTS) is 1. The summed E-state index contributed by atoms with van der Waals surface area (Å²) in [5.41, 5.74) is -1.16. The van der Waals surface area contributed by atoms with E-state index in [0.717, 1.165) is 19.3 Å². The van der Waals surface area contributed by atoms with Crippen LogP contribution in [0.4, 0.5) is 0 Å². The van der Waals surface area contributed by atoms with E-state index < -0.39 is 11.4 Å². The number of carbonyl (C=O) groups excluding carboxylic acids is 1. The standard InChI is InChI=1S/C14H25NO4/c1-4-13(5-2,12(17)18)9-11(16)15-10-14(19-3)7-6-8-14/h4-10H2,1-3H3,(H,15,16)(H,17,18). The molecule has 0 bridgehead atoms. The molecule has 110 valence electrons. The van der Waals surface area contributed by atoms with Gasteiger partial charge in [0.1, 0.15) is 0 Å². The highest BCUT2D eigenvalue weighted by molar-refractivity contribution is 5.84. The van der Waals surface area contributed by atoms with E-state index in [1.165, 1.54) is 0 Å². The van der Waals surface area contributed by atoms with Crippen molar-refractivity contribution in [3.63, 3.8) is 0 Å². The van der Waals surface area contributed by atoms with Crippen molar-refractivity contribution in [2.75, 3.05) is 13.7 Å². The molecule has 1 amide bonds. The van der Waals surface area contributed by atoms with Gasteiger partial charge in [-0.2, -0.15) is 0 Å². The molecular weight excluding hydrogens is 246 g/mol. The average Bonchev–Trinajstić information content (AvgIpc) is 2.35. The molecular formula is C14H25NO4. The van der Waals surface area contributed by atoms with Crippen molar-refractivity contribution in [3.05, 3.63) is 0 Å². The van der Waals surface area contributed by atoms with Gasteiger partial charge in [-0.25, -0.2) is 0 Å². The van der Waals surface area contributed by atoms with Gasteiger partial charge < -0.3 is 15.2 Å². The lowest BCUT2D eigenvalue weighted by atomic mass is 9.78. The highest BCUT2D eigenvalue weighted by Crippen LogP contribution is 2.35. The summed E-state index contributed by atoms with van der Waals surface area (Å²) in [7, 11) is 1.66. The van der Waals surface area contributed by atoms with Gasteiger partial charge in [-0.15, -0.1) is 0 Å². The van der Waals surface area contributed by atoms with E-state index >= 15 is 0 Å². The first kappa shape index (κ1) is 16.0. The van der Waals surface area contributed by atoms with Crippen LogP contribution in [0.5, 0.6) is 0 Å². The molecule has 19 heavy (non-hydrogen) atoms. The summed E-state index contributed by atoms with van der Waals surface area (Å²) in [5, 5.41) is 12.1. The summed E-state index contributed by atoms with van der Waals surface area (Å²) < 4.78 is 5.42. The third-order valence-electron chi connectivity index (χ3n) is 4.61. The molecule has 1 fully saturated rings. The van der Waals surface area contributed by atoms with Gasteiger partial charge in [0.05, 0.1) is 11.0 Å². The summed E-state index contributed by atoms with van der Waals surface area (Å²) in [5.74, 6) is -1.09. The van der Waals surface area contributed by atoms with Gasteiger partial charge in [0.25, 0.3) is 0 Å². The van der Waals surface area contributed by atoms with Crippen LogP contribution in [0, 0.1) is 5.41 Å². The number of ether oxygens (including phenoxy) is 1. The van der Waals surface area contributed by atoms with E-state index in [9.17, 15) is 14.7 Å². The van der Waals surface area contributed by atoms with Crippen LogP contribution in [0.15, 0.2) is 0 Å². The molecule has 0 atom stereocenters. The van der Waals surface area contributed by atoms with Crippen LogP contribution in [0.1, 0.15) is 52.4 Å². The van der Waals surface area contributed by atoms with Gasteiger partial charge in [-0.05, 0) is 32.1 Å². The van der Waals surface area contributed by atoms with Crippen molar-refractivity contribution in [3.8, 4) is 0 Å². The molecule has 0 heterocycles. The number of nitrogens with one attached hydrogen (secondary N) is 1. The zero-order chi connectivity index (χ0) is 14.5. The van der Waals surface area contributed by atoms with Crippen LogP contribution in [0.2, 0.25) is 0 Å². The molecule has 1 aliphatic carbocycles.